The largest absolute Gasteiger partial charge is 0.325 e. The van der Waals surface area contributed by atoms with Crippen LogP contribution in [-0.2, 0) is 4.79 Å². The van der Waals surface area contributed by atoms with Gasteiger partial charge in [0, 0.05) is 11.3 Å². The van der Waals surface area contributed by atoms with Crippen molar-refractivity contribution < 1.29 is 9.59 Å². The number of nitrogens with one attached hydrogen (secondary N) is 1. The highest BCUT2D eigenvalue weighted by Crippen LogP contribution is 2.38. The van der Waals surface area contributed by atoms with Crippen LogP contribution in [0.15, 0.2) is 84.9 Å². The van der Waals surface area contributed by atoms with Gasteiger partial charge in [0.1, 0.15) is 0 Å². The van der Waals surface area contributed by atoms with E-state index in [-0.39, 0.29) is 22.2 Å². The van der Waals surface area contributed by atoms with E-state index < -0.39 is 0 Å². The van der Waals surface area contributed by atoms with Gasteiger partial charge in [-0.3, -0.25) is 9.59 Å². The summed E-state index contributed by atoms with van der Waals surface area (Å²) in [6, 6.07) is 27.4. The van der Waals surface area contributed by atoms with E-state index in [0.29, 0.717) is 11.3 Å². The number of ketones is 1. The molecule has 28 heavy (non-hydrogen) atoms. The third kappa shape index (κ3) is 5.11. The average Bonchev–Trinajstić information content (AvgIpc) is 2.73. The zero-order chi connectivity index (χ0) is 19.9. The lowest BCUT2D eigenvalue weighted by atomic mass is 10.0. The maximum absolute atomic E-state index is 12.7. The first-order chi connectivity index (χ1) is 13.5. The number of carbonyl (C=O) groups is 2. The molecule has 0 aliphatic rings. The first kappa shape index (κ1) is 19.9. The van der Waals surface area contributed by atoms with Crippen molar-refractivity contribution >= 4 is 29.1 Å². The van der Waals surface area contributed by atoms with Crippen LogP contribution in [0.2, 0.25) is 0 Å². The Bertz CT molecular complexity index is 884. The molecule has 0 aromatic heterocycles. The van der Waals surface area contributed by atoms with Crippen LogP contribution in [0.5, 0.6) is 0 Å². The SMILES string of the molecule is CC(=O)c1ccc(NC(=O)C(C)SC(c2ccccc2)c2ccccc2)cc1. The van der Waals surface area contributed by atoms with Crippen molar-refractivity contribution in [2.24, 2.45) is 0 Å². The van der Waals surface area contributed by atoms with Crippen LogP contribution in [0.1, 0.15) is 40.6 Å². The Morgan fingerprint density at radius 2 is 1.29 bits per heavy atom. The van der Waals surface area contributed by atoms with Gasteiger partial charge in [0.2, 0.25) is 5.91 Å². The Labute approximate surface area is 170 Å². The molecule has 0 saturated heterocycles. The molecule has 0 bridgehead atoms. The fourth-order valence-electron chi connectivity index (χ4n) is 2.90. The number of rotatable bonds is 7. The van der Waals surface area contributed by atoms with E-state index in [1.54, 1.807) is 36.0 Å². The van der Waals surface area contributed by atoms with Gasteiger partial charge in [-0.25, -0.2) is 0 Å². The van der Waals surface area contributed by atoms with Crippen LogP contribution >= 0.6 is 11.8 Å². The number of amides is 1. The van der Waals surface area contributed by atoms with E-state index >= 15 is 0 Å². The second kappa shape index (κ2) is 9.38. The second-order valence-electron chi connectivity index (χ2n) is 6.60. The van der Waals surface area contributed by atoms with Crippen molar-refractivity contribution in [3.05, 3.63) is 102 Å². The van der Waals surface area contributed by atoms with Gasteiger partial charge < -0.3 is 5.32 Å². The van der Waals surface area contributed by atoms with Gasteiger partial charge in [0.25, 0.3) is 0 Å². The molecule has 0 aliphatic heterocycles. The molecule has 1 atom stereocenters. The lowest BCUT2D eigenvalue weighted by Gasteiger charge is -2.21. The molecule has 0 radical (unpaired) electrons. The molecule has 1 N–H and O–H groups in total. The molecule has 3 aromatic rings. The Morgan fingerprint density at radius 1 is 0.786 bits per heavy atom. The summed E-state index contributed by atoms with van der Waals surface area (Å²) in [4.78, 5) is 24.1. The third-order valence-corrected chi connectivity index (χ3v) is 5.91. The van der Waals surface area contributed by atoms with Crippen LogP contribution in [0.25, 0.3) is 0 Å². The Hall–Kier alpha value is -2.85. The average molecular weight is 390 g/mol. The zero-order valence-electron chi connectivity index (χ0n) is 16.0. The highest BCUT2D eigenvalue weighted by atomic mass is 32.2. The monoisotopic (exact) mass is 389 g/mol. The molecule has 1 unspecified atom stereocenters. The molecule has 1 amide bonds. The summed E-state index contributed by atoms with van der Waals surface area (Å²) in [6.07, 6.45) is 0. The minimum absolute atomic E-state index is 0.00960. The molecule has 3 nitrogen and oxygen atoms in total. The van der Waals surface area contributed by atoms with Crippen LogP contribution in [0, 0.1) is 0 Å². The highest BCUT2D eigenvalue weighted by Gasteiger charge is 2.22. The minimum Gasteiger partial charge on any atom is -0.325 e. The van der Waals surface area contributed by atoms with Crippen molar-refractivity contribution in [3.63, 3.8) is 0 Å². The lowest BCUT2D eigenvalue weighted by molar-refractivity contribution is -0.115. The molecule has 0 heterocycles. The van der Waals surface area contributed by atoms with Crippen molar-refractivity contribution in [2.45, 2.75) is 24.3 Å². The van der Waals surface area contributed by atoms with Gasteiger partial charge >= 0.3 is 0 Å². The minimum atomic E-state index is -0.252. The fourth-order valence-corrected chi connectivity index (χ4v) is 4.12. The second-order valence-corrected chi connectivity index (χ2v) is 8.05. The van der Waals surface area contributed by atoms with Gasteiger partial charge in [-0.15, -0.1) is 11.8 Å². The molecule has 0 saturated carbocycles. The van der Waals surface area contributed by atoms with E-state index in [1.807, 2.05) is 43.3 Å². The highest BCUT2D eigenvalue weighted by molar-refractivity contribution is 8.01. The number of thioether (sulfide) groups is 1. The number of carbonyl (C=O) groups excluding carboxylic acids is 2. The van der Waals surface area contributed by atoms with Gasteiger partial charge in [-0.05, 0) is 49.2 Å². The molecule has 3 aromatic carbocycles. The quantitative estimate of drug-likeness (QED) is 0.524. The number of Topliss-reactive ketones (excluding diaryl/α,β-unsaturated/α-hetero) is 1. The fraction of sp³-hybridized carbons (Fsp3) is 0.167. The third-order valence-electron chi connectivity index (χ3n) is 4.47. The van der Waals surface area contributed by atoms with Crippen molar-refractivity contribution in [3.8, 4) is 0 Å². The molecule has 4 heteroatoms. The van der Waals surface area contributed by atoms with E-state index in [4.69, 9.17) is 0 Å². The van der Waals surface area contributed by atoms with Crippen molar-refractivity contribution in [1.29, 1.82) is 0 Å². The molecule has 142 valence electrons. The Kier molecular flexibility index (Phi) is 6.66. The maximum atomic E-state index is 12.7. The van der Waals surface area contributed by atoms with Crippen LogP contribution in [0.3, 0.4) is 0 Å². The summed E-state index contributed by atoms with van der Waals surface area (Å²) in [5, 5.41) is 2.77. The predicted molar refractivity (Wildman–Crippen MR) is 117 cm³/mol. The molecule has 0 fully saturated rings. The summed E-state index contributed by atoms with van der Waals surface area (Å²) < 4.78 is 0. The Balaban J connectivity index is 1.73. The van der Waals surface area contributed by atoms with E-state index in [9.17, 15) is 9.59 Å². The molecule has 0 aliphatic carbocycles. The molecule has 0 spiro atoms. The summed E-state index contributed by atoms with van der Waals surface area (Å²) in [6.45, 7) is 3.45. The molecular weight excluding hydrogens is 366 g/mol. The number of hydrogen-bond donors (Lipinski definition) is 1. The summed E-state index contributed by atoms with van der Waals surface area (Å²) in [7, 11) is 0. The van der Waals surface area contributed by atoms with E-state index in [2.05, 4.69) is 29.6 Å². The van der Waals surface area contributed by atoms with Gasteiger partial charge in [0.15, 0.2) is 5.78 Å². The summed E-state index contributed by atoms with van der Waals surface area (Å²) in [5.41, 5.74) is 3.67. The normalized spacial score (nSPS) is 11.8. The zero-order valence-corrected chi connectivity index (χ0v) is 16.8. The number of benzene rings is 3. The smallest absolute Gasteiger partial charge is 0.237 e. The van der Waals surface area contributed by atoms with Crippen LogP contribution in [-0.4, -0.2) is 16.9 Å². The van der Waals surface area contributed by atoms with Crippen LogP contribution < -0.4 is 5.32 Å². The predicted octanol–water partition coefficient (Wildman–Crippen LogP) is 5.74. The molecule has 3 rings (SSSR count). The summed E-state index contributed by atoms with van der Waals surface area (Å²) in [5.74, 6) is -0.0483. The van der Waals surface area contributed by atoms with Gasteiger partial charge in [-0.1, -0.05) is 60.7 Å². The van der Waals surface area contributed by atoms with E-state index in [1.165, 1.54) is 18.1 Å². The lowest BCUT2D eigenvalue weighted by Crippen LogP contribution is -2.23. The molecular formula is C24H23NO2S. The first-order valence-electron chi connectivity index (χ1n) is 9.22. The van der Waals surface area contributed by atoms with E-state index in [0.717, 1.165) is 0 Å². The van der Waals surface area contributed by atoms with Crippen molar-refractivity contribution in [2.75, 3.05) is 5.32 Å². The van der Waals surface area contributed by atoms with Gasteiger partial charge in [0.05, 0.1) is 10.5 Å². The van der Waals surface area contributed by atoms with Crippen molar-refractivity contribution in [1.82, 2.24) is 0 Å². The first-order valence-corrected chi connectivity index (χ1v) is 10.2. The topological polar surface area (TPSA) is 46.2 Å². The number of hydrogen-bond acceptors (Lipinski definition) is 3. The Morgan fingerprint density at radius 3 is 1.75 bits per heavy atom. The van der Waals surface area contributed by atoms with Crippen LogP contribution in [0.4, 0.5) is 5.69 Å². The number of anilines is 1. The summed E-state index contributed by atoms with van der Waals surface area (Å²) >= 11 is 1.62. The standard InChI is InChI=1S/C24H23NO2S/c1-17(26)19-13-15-22(16-14-19)25-24(27)18(2)28-23(20-9-5-3-6-10-20)21-11-7-4-8-12-21/h3-16,18,23H,1-2H3,(H,25,27). The van der Waals surface area contributed by atoms with Gasteiger partial charge in [-0.2, -0.15) is 0 Å². The maximum Gasteiger partial charge on any atom is 0.237 e.